The van der Waals surface area contributed by atoms with Gasteiger partial charge in [0.05, 0.1) is 17.3 Å². The molecule has 2 amide bonds. The molecule has 0 saturated carbocycles. The molecule has 1 unspecified atom stereocenters. The van der Waals surface area contributed by atoms with E-state index in [1.165, 1.54) is 6.21 Å². The number of carbonyl (C=O) groups excluding carboxylic acids is 2. The number of hydrazone groups is 1. The van der Waals surface area contributed by atoms with Gasteiger partial charge < -0.3 is 5.32 Å². The molecule has 0 aliphatic heterocycles. The first-order valence-electron chi connectivity index (χ1n) is 10.1. The van der Waals surface area contributed by atoms with Crippen LogP contribution in [0.4, 0.5) is 0 Å². The van der Waals surface area contributed by atoms with Crippen molar-refractivity contribution in [2.24, 2.45) is 5.10 Å². The lowest BCUT2D eigenvalue weighted by atomic mass is 10.0. The van der Waals surface area contributed by atoms with Crippen LogP contribution in [0.3, 0.4) is 0 Å². The Balaban J connectivity index is 1.67. The maximum atomic E-state index is 13.1. The van der Waals surface area contributed by atoms with Crippen molar-refractivity contribution in [2.75, 3.05) is 0 Å². The molecule has 164 valence electrons. The minimum absolute atomic E-state index is 0.191. The fourth-order valence-corrected chi connectivity index (χ4v) is 3.28. The summed E-state index contributed by atoms with van der Waals surface area (Å²) < 4.78 is 0. The number of rotatable bonds is 6. The van der Waals surface area contributed by atoms with Crippen LogP contribution >= 0.6 is 0 Å². The fourth-order valence-electron chi connectivity index (χ4n) is 3.28. The van der Waals surface area contributed by atoms with Gasteiger partial charge in [-0.2, -0.15) is 10.2 Å². The normalized spacial score (nSPS) is 11.9. The molecule has 2 heterocycles. The lowest BCUT2D eigenvalue weighted by Gasteiger charge is -2.18. The maximum absolute atomic E-state index is 13.1. The van der Waals surface area contributed by atoms with E-state index in [0.29, 0.717) is 22.0 Å². The molecule has 0 aliphatic rings. The van der Waals surface area contributed by atoms with Gasteiger partial charge in [0.25, 0.3) is 17.4 Å². The molecule has 2 aromatic carbocycles. The summed E-state index contributed by atoms with van der Waals surface area (Å²) in [5.41, 5.74) is 3.96. The summed E-state index contributed by atoms with van der Waals surface area (Å²) in [5.74, 6) is -1.11. The molecule has 1 atom stereocenters. The van der Waals surface area contributed by atoms with Crippen LogP contribution in [0.15, 0.2) is 82.7 Å². The monoisotopic (exact) mass is 440 g/mol. The van der Waals surface area contributed by atoms with Gasteiger partial charge in [0.1, 0.15) is 5.69 Å². The molecule has 4 rings (SSSR count). The first-order valence-corrected chi connectivity index (χ1v) is 10.1. The predicted octanol–water partition coefficient (Wildman–Crippen LogP) is 2.25. The number of aryl methyl sites for hydroxylation is 1. The van der Waals surface area contributed by atoms with Gasteiger partial charge in [0.15, 0.2) is 6.04 Å². The van der Waals surface area contributed by atoms with Crippen LogP contribution in [-0.2, 0) is 4.79 Å². The van der Waals surface area contributed by atoms with Crippen molar-refractivity contribution in [3.63, 3.8) is 0 Å². The Hall–Kier alpha value is -4.66. The average Bonchev–Trinajstić information content (AvgIpc) is 2.84. The van der Waals surface area contributed by atoms with Crippen molar-refractivity contribution >= 4 is 28.8 Å². The van der Waals surface area contributed by atoms with Gasteiger partial charge in [0.2, 0.25) is 0 Å². The van der Waals surface area contributed by atoms with Crippen molar-refractivity contribution in [3.8, 4) is 0 Å². The zero-order valence-electron chi connectivity index (χ0n) is 17.6. The molecule has 2 aromatic heterocycles. The highest BCUT2D eigenvalue weighted by molar-refractivity contribution is 5.99. The number of pyridine rings is 1. The quantitative estimate of drug-likeness (QED) is 0.313. The van der Waals surface area contributed by atoms with Gasteiger partial charge >= 0.3 is 0 Å². The number of H-pyrrole nitrogens is 1. The van der Waals surface area contributed by atoms with Gasteiger partial charge in [-0.15, -0.1) is 0 Å². The Morgan fingerprint density at radius 1 is 0.970 bits per heavy atom. The Kier molecular flexibility index (Phi) is 6.31. The standard InChI is InChI=1S/C24H20N6O3/c1-15-8-7-11-17(26-15)14-25-29-24(33)21(27-22(31)16-9-3-2-4-10-16)20-18-12-5-6-13-19(18)23(32)30-28-20/h2-14,21H,1H3,(H,27,31)(H,29,33)(H,30,32). The van der Waals surface area contributed by atoms with E-state index in [-0.39, 0.29) is 5.69 Å². The van der Waals surface area contributed by atoms with E-state index in [4.69, 9.17) is 0 Å². The number of aromatic nitrogens is 3. The van der Waals surface area contributed by atoms with Crippen molar-refractivity contribution in [1.82, 2.24) is 25.9 Å². The Morgan fingerprint density at radius 2 is 1.70 bits per heavy atom. The van der Waals surface area contributed by atoms with E-state index in [1.807, 2.05) is 19.1 Å². The lowest BCUT2D eigenvalue weighted by molar-refractivity contribution is -0.123. The van der Waals surface area contributed by atoms with E-state index >= 15 is 0 Å². The van der Waals surface area contributed by atoms with E-state index in [9.17, 15) is 14.4 Å². The van der Waals surface area contributed by atoms with E-state index < -0.39 is 23.4 Å². The smallest absolute Gasteiger partial charge is 0.272 e. The second kappa shape index (κ2) is 9.65. The predicted molar refractivity (Wildman–Crippen MR) is 124 cm³/mol. The molecule has 9 heteroatoms. The van der Waals surface area contributed by atoms with Crippen LogP contribution in [0.25, 0.3) is 10.8 Å². The molecule has 0 spiro atoms. The molecule has 3 N–H and O–H groups in total. The zero-order valence-corrected chi connectivity index (χ0v) is 17.6. The van der Waals surface area contributed by atoms with Crippen molar-refractivity contribution < 1.29 is 9.59 Å². The number of fused-ring (bicyclic) bond motifs is 1. The minimum atomic E-state index is -1.22. The van der Waals surface area contributed by atoms with Crippen LogP contribution in [0, 0.1) is 6.92 Å². The Bertz CT molecular complexity index is 1400. The molecule has 0 saturated heterocycles. The molecule has 33 heavy (non-hydrogen) atoms. The summed E-state index contributed by atoms with van der Waals surface area (Å²) in [6, 6.07) is 19.4. The number of nitrogens with one attached hydrogen (secondary N) is 3. The molecule has 0 fully saturated rings. The molecular formula is C24H20N6O3. The summed E-state index contributed by atoms with van der Waals surface area (Å²) in [4.78, 5) is 42.4. The summed E-state index contributed by atoms with van der Waals surface area (Å²) in [7, 11) is 0. The van der Waals surface area contributed by atoms with Gasteiger partial charge in [-0.1, -0.05) is 42.5 Å². The Labute approximate surface area is 188 Å². The highest BCUT2D eigenvalue weighted by Gasteiger charge is 2.27. The second-order valence-electron chi connectivity index (χ2n) is 7.19. The molecular weight excluding hydrogens is 420 g/mol. The van der Waals surface area contributed by atoms with Gasteiger partial charge in [0, 0.05) is 16.6 Å². The number of aromatic amines is 1. The third kappa shape index (κ3) is 4.99. The van der Waals surface area contributed by atoms with Crippen LogP contribution in [0.2, 0.25) is 0 Å². The average molecular weight is 440 g/mol. The van der Waals surface area contributed by atoms with Crippen LogP contribution in [0.5, 0.6) is 0 Å². The number of nitrogens with zero attached hydrogens (tertiary/aromatic N) is 3. The minimum Gasteiger partial charge on any atom is -0.335 e. The summed E-state index contributed by atoms with van der Waals surface area (Å²) in [6.45, 7) is 1.85. The number of hydrogen-bond donors (Lipinski definition) is 3. The van der Waals surface area contributed by atoms with Crippen molar-refractivity contribution in [1.29, 1.82) is 0 Å². The third-order valence-corrected chi connectivity index (χ3v) is 4.85. The Morgan fingerprint density at radius 3 is 2.45 bits per heavy atom. The van der Waals surface area contributed by atoms with Gasteiger partial charge in [-0.3, -0.25) is 19.4 Å². The maximum Gasteiger partial charge on any atom is 0.272 e. The van der Waals surface area contributed by atoms with E-state index in [2.05, 4.69) is 31.0 Å². The number of carbonyl (C=O) groups is 2. The second-order valence-corrected chi connectivity index (χ2v) is 7.19. The number of benzene rings is 2. The molecule has 0 bridgehead atoms. The molecule has 0 radical (unpaired) electrons. The number of hydrogen-bond acceptors (Lipinski definition) is 6. The summed E-state index contributed by atoms with van der Waals surface area (Å²) in [6.07, 6.45) is 1.40. The largest absolute Gasteiger partial charge is 0.335 e. The van der Waals surface area contributed by atoms with E-state index in [0.717, 1.165) is 5.69 Å². The van der Waals surface area contributed by atoms with Crippen LogP contribution in [-0.4, -0.2) is 33.2 Å². The van der Waals surface area contributed by atoms with Crippen molar-refractivity contribution in [3.05, 3.63) is 106 Å². The van der Waals surface area contributed by atoms with Crippen LogP contribution < -0.4 is 16.3 Å². The SMILES string of the molecule is Cc1cccc(C=NNC(=O)C(NC(=O)c2ccccc2)c2n[nH]c(=O)c3ccccc23)n1. The molecule has 9 nitrogen and oxygen atoms in total. The van der Waals surface area contributed by atoms with Crippen LogP contribution in [0.1, 0.15) is 33.5 Å². The molecule has 4 aromatic rings. The zero-order chi connectivity index (χ0) is 23.2. The summed E-state index contributed by atoms with van der Waals surface area (Å²) >= 11 is 0. The third-order valence-electron chi connectivity index (χ3n) is 4.85. The first kappa shape index (κ1) is 21.6. The fraction of sp³-hybridized carbons (Fsp3) is 0.0833. The highest BCUT2D eigenvalue weighted by atomic mass is 16.2. The summed E-state index contributed by atoms with van der Waals surface area (Å²) in [5, 5.41) is 13.9. The van der Waals surface area contributed by atoms with E-state index in [1.54, 1.807) is 60.7 Å². The topological polar surface area (TPSA) is 129 Å². The van der Waals surface area contributed by atoms with Crippen molar-refractivity contribution in [2.45, 2.75) is 13.0 Å². The highest BCUT2D eigenvalue weighted by Crippen LogP contribution is 2.20. The lowest BCUT2D eigenvalue weighted by Crippen LogP contribution is -2.40. The molecule has 0 aliphatic carbocycles. The van der Waals surface area contributed by atoms with Gasteiger partial charge in [-0.05, 0) is 37.3 Å². The first-order chi connectivity index (χ1) is 16.0. The van der Waals surface area contributed by atoms with Gasteiger partial charge in [-0.25, -0.2) is 10.5 Å². The number of amides is 2.